The first-order valence-corrected chi connectivity index (χ1v) is 12.9. The van der Waals surface area contributed by atoms with Crippen LogP contribution in [0.2, 0.25) is 0 Å². The minimum absolute atomic E-state index is 0.0487. The topological polar surface area (TPSA) is 131 Å². The first kappa shape index (κ1) is 27.0. The lowest BCUT2D eigenvalue weighted by molar-refractivity contribution is -0.0796. The number of methoxy groups -OCH3 is 1. The van der Waals surface area contributed by atoms with E-state index in [-0.39, 0.29) is 13.0 Å². The molecule has 10 heteroatoms. The van der Waals surface area contributed by atoms with Gasteiger partial charge in [0, 0.05) is 23.1 Å². The molecule has 0 unspecified atom stereocenters. The Morgan fingerprint density at radius 3 is 2.17 bits per heavy atom. The van der Waals surface area contributed by atoms with E-state index in [2.05, 4.69) is 15.0 Å². The van der Waals surface area contributed by atoms with Gasteiger partial charge >= 0.3 is 5.69 Å². The normalized spacial score (nSPS) is 18.7. The Labute approximate surface area is 230 Å². The molecular weight excluding hydrogens is 510 g/mol. The van der Waals surface area contributed by atoms with Crippen molar-refractivity contribution >= 4 is 0 Å². The third kappa shape index (κ3) is 5.15. The Bertz CT molecular complexity index is 1570. The van der Waals surface area contributed by atoms with E-state index in [0.29, 0.717) is 11.3 Å². The minimum atomic E-state index is -1.04. The average Bonchev–Trinajstić information content (AvgIpc) is 3.39. The molecule has 1 fully saturated rings. The number of nitrogens with zero attached hydrogens (tertiary/aromatic N) is 4. The molecule has 1 aliphatic rings. The van der Waals surface area contributed by atoms with Crippen molar-refractivity contribution in [1.82, 2.24) is 9.55 Å². The third-order valence-corrected chi connectivity index (χ3v) is 7.18. The second kappa shape index (κ2) is 11.6. The Hall–Kier alpha value is -4.63. The van der Waals surface area contributed by atoms with Gasteiger partial charge in [0.2, 0.25) is 0 Å². The van der Waals surface area contributed by atoms with Crippen molar-refractivity contribution < 1.29 is 14.2 Å². The van der Waals surface area contributed by atoms with Crippen molar-refractivity contribution in [3.8, 4) is 5.75 Å². The standard InChI is InChI=1S/C30H29N5O5/c1-20-18-35(29(37)32-28(20)36)27-17-25(33-34-31)26(40-27)19-39-30(21-9-5-3-6-10-21,22-11-7-4-8-12-22)23-13-15-24(38-2)16-14-23/h3-16,18,25-27H,17,19H2,1-2H3,(H,32,36,37)/t25-,26+,27+/m1/s1. The van der Waals surface area contributed by atoms with Crippen LogP contribution in [-0.2, 0) is 15.1 Å². The molecular formula is C30H29N5O5. The molecule has 40 heavy (non-hydrogen) atoms. The van der Waals surface area contributed by atoms with Gasteiger partial charge in [-0.25, -0.2) is 4.79 Å². The number of H-pyrrole nitrogens is 1. The van der Waals surface area contributed by atoms with Gasteiger partial charge in [0.1, 0.15) is 17.6 Å². The number of nitrogens with one attached hydrogen (secondary N) is 1. The molecule has 0 radical (unpaired) electrons. The van der Waals surface area contributed by atoms with E-state index in [1.165, 1.54) is 10.8 Å². The van der Waals surface area contributed by atoms with Crippen LogP contribution in [0.4, 0.5) is 0 Å². The Kier molecular flexibility index (Phi) is 7.84. The summed E-state index contributed by atoms with van der Waals surface area (Å²) in [4.78, 5) is 29.8. The van der Waals surface area contributed by atoms with Gasteiger partial charge in [-0.2, -0.15) is 0 Å². The summed E-state index contributed by atoms with van der Waals surface area (Å²) in [5.41, 5.74) is 10.2. The quantitative estimate of drug-likeness (QED) is 0.141. The first-order chi connectivity index (χ1) is 19.5. The summed E-state index contributed by atoms with van der Waals surface area (Å²) < 4.78 is 19.9. The van der Waals surface area contributed by atoms with Crippen LogP contribution < -0.4 is 16.0 Å². The van der Waals surface area contributed by atoms with Gasteiger partial charge in [-0.3, -0.25) is 14.3 Å². The fraction of sp³-hybridized carbons (Fsp3) is 0.267. The monoisotopic (exact) mass is 539 g/mol. The zero-order chi connectivity index (χ0) is 28.1. The van der Waals surface area contributed by atoms with Crippen LogP contribution in [0.25, 0.3) is 10.4 Å². The van der Waals surface area contributed by atoms with Crippen LogP contribution in [0.3, 0.4) is 0 Å². The highest BCUT2D eigenvalue weighted by molar-refractivity contribution is 5.48. The van der Waals surface area contributed by atoms with E-state index >= 15 is 0 Å². The molecule has 0 saturated carbocycles. The Morgan fingerprint density at radius 1 is 1.00 bits per heavy atom. The molecule has 1 saturated heterocycles. The lowest BCUT2D eigenvalue weighted by Crippen LogP contribution is -2.38. The van der Waals surface area contributed by atoms with E-state index in [1.807, 2.05) is 84.9 Å². The number of hydrogen-bond acceptors (Lipinski definition) is 6. The van der Waals surface area contributed by atoms with Gasteiger partial charge in [0.15, 0.2) is 0 Å². The lowest BCUT2D eigenvalue weighted by atomic mass is 9.80. The van der Waals surface area contributed by atoms with E-state index in [9.17, 15) is 15.1 Å². The number of aryl methyl sites for hydroxylation is 1. The van der Waals surface area contributed by atoms with Crippen molar-refractivity contribution in [2.75, 3.05) is 13.7 Å². The van der Waals surface area contributed by atoms with Crippen LogP contribution in [0, 0.1) is 6.92 Å². The number of aromatic amines is 1. The van der Waals surface area contributed by atoms with Gasteiger partial charge in [0.05, 0.1) is 25.9 Å². The van der Waals surface area contributed by atoms with Gasteiger partial charge in [-0.15, -0.1) is 0 Å². The molecule has 1 aliphatic heterocycles. The second-order valence-corrected chi connectivity index (χ2v) is 9.57. The second-order valence-electron chi connectivity index (χ2n) is 9.57. The maximum atomic E-state index is 12.6. The summed E-state index contributed by atoms with van der Waals surface area (Å²) in [5, 5.41) is 3.96. The number of rotatable bonds is 9. The molecule has 204 valence electrons. The predicted octanol–water partition coefficient (Wildman–Crippen LogP) is 4.83. The van der Waals surface area contributed by atoms with Gasteiger partial charge in [-0.05, 0) is 41.3 Å². The third-order valence-electron chi connectivity index (χ3n) is 7.18. The summed E-state index contributed by atoms with van der Waals surface area (Å²) in [5.74, 6) is 0.714. The number of ether oxygens (including phenoxy) is 3. The van der Waals surface area contributed by atoms with Crippen LogP contribution in [0.5, 0.6) is 5.75 Å². The molecule has 2 heterocycles. The van der Waals surface area contributed by atoms with E-state index in [1.54, 1.807) is 14.0 Å². The summed E-state index contributed by atoms with van der Waals surface area (Å²) in [6.45, 7) is 1.66. The van der Waals surface area contributed by atoms with Crippen molar-refractivity contribution in [3.63, 3.8) is 0 Å². The number of aromatic nitrogens is 2. The molecule has 0 aliphatic carbocycles. The highest BCUT2D eigenvalue weighted by atomic mass is 16.6. The molecule has 1 aromatic heterocycles. The molecule has 4 aromatic rings. The summed E-state index contributed by atoms with van der Waals surface area (Å²) >= 11 is 0. The molecule has 0 bridgehead atoms. The SMILES string of the molecule is COc1ccc(C(OC[C@@H]2O[C@H](n3cc(C)c(=O)[nH]c3=O)C[C@H]2N=[N+]=[N-])(c2ccccc2)c2ccccc2)cc1. The van der Waals surface area contributed by atoms with Crippen molar-refractivity contribution in [2.24, 2.45) is 5.11 Å². The predicted molar refractivity (Wildman–Crippen MR) is 149 cm³/mol. The Balaban J connectivity index is 1.56. The summed E-state index contributed by atoms with van der Waals surface area (Å²) in [6, 6.07) is 26.8. The van der Waals surface area contributed by atoms with Gasteiger partial charge < -0.3 is 14.2 Å². The lowest BCUT2D eigenvalue weighted by Gasteiger charge is -2.37. The van der Waals surface area contributed by atoms with Crippen LogP contribution in [0.1, 0.15) is 34.9 Å². The maximum absolute atomic E-state index is 12.6. The highest BCUT2D eigenvalue weighted by Crippen LogP contribution is 2.42. The maximum Gasteiger partial charge on any atom is 0.330 e. The number of hydrogen-bond donors (Lipinski definition) is 1. The summed E-state index contributed by atoms with van der Waals surface area (Å²) in [6.07, 6.45) is 0.300. The smallest absolute Gasteiger partial charge is 0.330 e. The average molecular weight is 540 g/mol. The molecule has 1 N–H and O–H groups in total. The van der Waals surface area contributed by atoms with Crippen LogP contribution in [-0.4, -0.2) is 35.4 Å². The molecule has 3 aromatic carbocycles. The molecule has 0 amide bonds. The zero-order valence-electron chi connectivity index (χ0n) is 22.1. The molecule has 3 atom stereocenters. The highest BCUT2D eigenvalue weighted by Gasteiger charge is 2.42. The number of azide groups is 1. The van der Waals surface area contributed by atoms with E-state index in [0.717, 1.165) is 16.7 Å². The summed E-state index contributed by atoms with van der Waals surface area (Å²) in [7, 11) is 1.62. The minimum Gasteiger partial charge on any atom is -0.497 e. The fourth-order valence-electron chi connectivity index (χ4n) is 5.15. The zero-order valence-corrected chi connectivity index (χ0v) is 22.1. The van der Waals surface area contributed by atoms with Crippen molar-refractivity contribution in [3.05, 3.63) is 145 Å². The Morgan fingerprint density at radius 2 is 1.60 bits per heavy atom. The van der Waals surface area contributed by atoms with Crippen LogP contribution in [0.15, 0.2) is 106 Å². The van der Waals surface area contributed by atoms with E-state index in [4.69, 9.17) is 14.2 Å². The van der Waals surface area contributed by atoms with Crippen LogP contribution >= 0.6 is 0 Å². The van der Waals surface area contributed by atoms with Crippen molar-refractivity contribution in [1.29, 1.82) is 0 Å². The first-order valence-electron chi connectivity index (χ1n) is 12.9. The largest absolute Gasteiger partial charge is 0.497 e. The van der Waals surface area contributed by atoms with Crippen molar-refractivity contribution in [2.45, 2.75) is 37.3 Å². The molecule has 0 spiro atoms. The van der Waals surface area contributed by atoms with Gasteiger partial charge in [-0.1, -0.05) is 77.9 Å². The number of benzene rings is 3. The molecule has 10 nitrogen and oxygen atoms in total. The fourth-order valence-corrected chi connectivity index (χ4v) is 5.15. The molecule has 5 rings (SSSR count). The van der Waals surface area contributed by atoms with Gasteiger partial charge in [0.25, 0.3) is 5.56 Å². The van der Waals surface area contributed by atoms with E-state index < -0.39 is 35.2 Å².